The van der Waals surface area contributed by atoms with E-state index in [-0.39, 0.29) is 11.2 Å². The molecule has 1 fully saturated rings. The van der Waals surface area contributed by atoms with Gasteiger partial charge in [-0.05, 0) is 31.9 Å². The Morgan fingerprint density at radius 3 is 2.75 bits per heavy atom. The summed E-state index contributed by atoms with van der Waals surface area (Å²) in [5.41, 5.74) is 0.744. The van der Waals surface area contributed by atoms with Crippen molar-refractivity contribution in [2.75, 3.05) is 5.32 Å². The average molecular weight is 217 g/mol. The lowest BCUT2D eigenvalue weighted by molar-refractivity contribution is -0.384. The first-order chi connectivity index (χ1) is 7.54. The first-order valence-electron chi connectivity index (χ1n) is 5.01. The molecule has 0 aliphatic heterocycles. The Labute approximate surface area is 92.8 Å². The molecule has 0 amide bonds. The van der Waals surface area contributed by atoms with Gasteiger partial charge in [-0.2, -0.15) is 5.26 Å². The van der Waals surface area contributed by atoms with E-state index in [1.54, 1.807) is 12.1 Å². The summed E-state index contributed by atoms with van der Waals surface area (Å²) < 4.78 is 0. The van der Waals surface area contributed by atoms with E-state index in [0.717, 1.165) is 12.8 Å². The molecule has 0 unspecified atom stereocenters. The molecule has 0 spiro atoms. The molecule has 0 bridgehead atoms. The van der Waals surface area contributed by atoms with E-state index in [9.17, 15) is 10.1 Å². The van der Waals surface area contributed by atoms with Gasteiger partial charge in [-0.15, -0.1) is 0 Å². The second kappa shape index (κ2) is 3.49. The zero-order chi connectivity index (χ0) is 11.8. The lowest BCUT2D eigenvalue weighted by Gasteiger charge is -2.12. The fourth-order valence-corrected chi connectivity index (χ4v) is 1.50. The molecule has 5 nitrogen and oxygen atoms in total. The van der Waals surface area contributed by atoms with Crippen LogP contribution in [0.5, 0.6) is 0 Å². The van der Waals surface area contributed by atoms with Crippen LogP contribution in [0, 0.1) is 21.4 Å². The van der Waals surface area contributed by atoms with Gasteiger partial charge >= 0.3 is 0 Å². The Kier molecular flexibility index (Phi) is 2.27. The van der Waals surface area contributed by atoms with Crippen molar-refractivity contribution in [2.24, 2.45) is 0 Å². The van der Waals surface area contributed by atoms with Crippen LogP contribution in [0.1, 0.15) is 25.3 Å². The van der Waals surface area contributed by atoms with Gasteiger partial charge in [0.15, 0.2) is 0 Å². The standard InChI is InChI=1S/C11H11N3O2/c1-11(4-5-11)13-9-3-2-8(7-12)6-10(9)14(15)16/h2-3,6,13H,4-5H2,1H3. The molecule has 0 aromatic heterocycles. The van der Waals surface area contributed by atoms with Crippen LogP contribution in [0.15, 0.2) is 18.2 Å². The summed E-state index contributed by atoms with van der Waals surface area (Å²) in [6.07, 6.45) is 2.04. The molecule has 2 rings (SSSR count). The van der Waals surface area contributed by atoms with Crippen molar-refractivity contribution in [1.29, 1.82) is 5.26 Å². The van der Waals surface area contributed by atoms with E-state index in [4.69, 9.17) is 5.26 Å². The second-order valence-electron chi connectivity index (χ2n) is 4.29. The van der Waals surface area contributed by atoms with Crippen molar-refractivity contribution in [3.05, 3.63) is 33.9 Å². The molecule has 1 N–H and O–H groups in total. The highest BCUT2D eigenvalue weighted by Gasteiger charge is 2.38. The van der Waals surface area contributed by atoms with E-state index in [2.05, 4.69) is 5.32 Å². The van der Waals surface area contributed by atoms with Crippen molar-refractivity contribution in [1.82, 2.24) is 0 Å². The summed E-state index contributed by atoms with van der Waals surface area (Å²) >= 11 is 0. The second-order valence-corrected chi connectivity index (χ2v) is 4.29. The van der Waals surface area contributed by atoms with Crippen LogP contribution >= 0.6 is 0 Å². The summed E-state index contributed by atoms with van der Waals surface area (Å²) in [5, 5.41) is 22.7. The highest BCUT2D eigenvalue weighted by Crippen LogP contribution is 2.40. The molecule has 1 aromatic rings. The first kappa shape index (κ1) is 10.4. The maximum atomic E-state index is 10.9. The van der Waals surface area contributed by atoms with Gasteiger partial charge in [0.1, 0.15) is 5.69 Å². The topological polar surface area (TPSA) is 79.0 Å². The molecule has 0 heterocycles. The van der Waals surface area contributed by atoms with Crippen LogP contribution in [-0.2, 0) is 0 Å². The van der Waals surface area contributed by atoms with Crippen LogP contribution in [0.2, 0.25) is 0 Å². The third-order valence-electron chi connectivity index (χ3n) is 2.76. The number of nitro benzene ring substituents is 1. The van der Waals surface area contributed by atoms with Gasteiger partial charge in [-0.25, -0.2) is 0 Å². The lowest BCUT2D eigenvalue weighted by atomic mass is 10.1. The normalized spacial score (nSPS) is 16.2. The molecular formula is C11H11N3O2. The highest BCUT2D eigenvalue weighted by molar-refractivity contribution is 5.65. The zero-order valence-corrected chi connectivity index (χ0v) is 8.86. The quantitative estimate of drug-likeness (QED) is 0.622. The summed E-state index contributed by atoms with van der Waals surface area (Å²) in [4.78, 5) is 10.4. The van der Waals surface area contributed by atoms with E-state index in [1.807, 2.05) is 13.0 Å². The fraction of sp³-hybridized carbons (Fsp3) is 0.364. The summed E-state index contributed by atoms with van der Waals surface area (Å²) in [5.74, 6) is 0. The number of anilines is 1. The Bertz CT molecular complexity index is 486. The smallest absolute Gasteiger partial charge is 0.293 e. The number of nitriles is 1. The first-order valence-corrected chi connectivity index (χ1v) is 5.01. The minimum absolute atomic E-state index is 0.0150. The van der Waals surface area contributed by atoms with Gasteiger partial charge < -0.3 is 5.32 Å². The van der Waals surface area contributed by atoms with E-state index < -0.39 is 4.92 Å². The number of rotatable bonds is 3. The highest BCUT2D eigenvalue weighted by atomic mass is 16.6. The van der Waals surface area contributed by atoms with Crippen LogP contribution in [0.3, 0.4) is 0 Å². The monoisotopic (exact) mass is 217 g/mol. The largest absolute Gasteiger partial charge is 0.374 e. The molecule has 1 saturated carbocycles. The minimum Gasteiger partial charge on any atom is -0.374 e. The molecule has 1 aliphatic carbocycles. The molecular weight excluding hydrogens is 206 g/mol. The van der Waals surface area contributed by atoms with Crippen LogP contribution < -0.4 is 5.32 Å². The molecule has 5 heteroatoms. The third-order valence-corrected chi connectivity index (χ3v) is 2.76. The Morgan fingerprint density at radius 2 is 2.25 bits per heavy atom. The van der Waals surface area contributed by atoms with Crippen molar-refractivity contribution in [3.8, 4) is 6.07 Å². The lowest BCUT2D eigenvalue weighted by Crippen LogP contribution is -2.16. The summed E-state index contributed by atoms with van der Waals surface area (Å²) in [6, 6.07) is 6.38. The van der Waals surface area contributed by atoms with Crippen molar-refractivity contribution < 1.29 is 4.92 Å². The van der Waals surface area contributed by atoms with Gasteiger partial charge in [0.05, 0.1) is 16.6 Å². The Balaban J connectivity index is 2.36. The van der Waals surface area contributed by atoms with E-state index in [0.29, 0.717) is 11.3 Å². The van der Waals surface area contributed by atoms with Gasteiger partial charge in [0.2, 0.25) is 0 Å². The van der Waals surface area contributed by atoms with Crippen molar-refractivity contribution in [3.63, 3.8) is 0 Å². The molecule has 1 aromatic carbocycles. The van der Waals surface area contributed by atoms with Crippen molar-refractivity contribution in [2.45, 2.75) is 25.3 Å². The maximum Gasteiger partial charge on any atom is 0.293 e. The molecule has 0 atom stereocenters. The zero-order valence-electron chi connectivity index (χ0n) is 8.86. The summed E-state index contributed by atoms with van der Waals surface area (Å²) in [7, 11) is 0. The Morgan fingerprint density at radius 1 is 1.56 bits per heavy atom. The van der Waals surface area contributed by atoms with Crippen LogP contribution in [-0.4, -0.2) is 10.5 Å². The number of hydrogen-bond donors (Lipinski definition) is 1. The van der Waals surface area contributed by atoms with E-state index >= 15 is 0 Å². The maximum absolute atomic E-state index is 10.9. The minimum atomic E-state index is -0.463. The number of benzene rings is 1. The number of nitro groups is 1. The van der Waals surface area contributed by atoms with Crippen LogP contribution in [0.4, 0.5) is 11.4 Å². The molecule has 1 aliphatic rings. The molecule has 82 valence electrons. The average Bonchev–Trinajstić information content (AvgIpc) is 2.96. The van der Waals surface area contributed by atoms with E-state index in [1.165, 1.54) is 6.07 Å². The van der Waals surface area contributed by atoms with Gasteiger partial charge in [-0.3, -0.25) is 10.1 Å². The predicted octanol–water partition coefficient (Wildman–Crippen LogP) is 2.43. The number of nitrogens with one attached hydrogen (secondary N) is 1. The number of nitrogens with zero attached hydrogens (tertiary/aromatic N) is 2. The predicted molar refractivity (Wildman–Crippen MR) is 59.1 cm³/mol. The molecule has 0 saturated heterocycles. The van der Waals surface area contributed by atoms with Crippen molar-refractivity contribution >= 4 is 11.4 Å². The summed E-state index contributed by atoms with van der Waals surface area (Å²) in [6.45, 7) is 2.02. The fourth-order valence-electron chi connectivity index (χ4n) is 1.50. The Hall–Kier alpha value is -2.09. The SMILES string of the molecule is CC1(Nc2ccc(C#N)cc2[N+](=O)[O-])CC1. The number of hydrogen-bond acceptors (Lipinski definition) is 4. The van der Waals surface area contributed by atoms with Gasteiger partial charge in [-0.1, -0.05) is 0 Å². The third kappa shape index (κ3) is 1.96. The molecule has 0 radical (unpaired) electrons. The van der Waals surface area contributed by atoms with Gasteiger partial charge in [0.25, 0.3) is 5.69 Å². The van der Waals surface area contributed by atoms with Crippen LogP contribution in [0.25, 0.3) is 0 Å². The van der Waals surface area contributed by atoms with Gasteiger partial charge in [0, 0.05) is 11.6 Å². The molecule has 16 heavy (non-hydrogen) atoms.